The molecule has 12 rings (SSSR count). The van der Waals surface area contributed by atoms with Crippen molar-refractivity contribution in [2.75, 3.05) is 63.1 Å². The van der Waals surface area contributed by atoms with Gasteiger partial charge in [0.05, 0.1) is 22.1 Å². The fourth-order valence-corrected chi connectivity index (χ4v) is 12.3. The van der Waals surface area contributed by atoms with E-state index in [1.165, 1.54) is 7.14 Å². The molecule has 0 unspecified atom stereocenters. The lowest BCUT2D eigenvalue weighted by Gasteiger charge is -2.32. The van der Waals surface area contributed by atoms with Crippen LogP contribution in [-0.4, -0.2) is 113 Å². The third kappa shape index (κ3) is 20.8. The molecule has 0 bridgehead atoms. The van der Waals surface area contributed by atoms with E-state index in [1.807, 2.05) is 124 Å². The maximum Gasteiger partial charge on any atom is 0.120 e. The Morgan fingerprint density at radius 3 is 0.939 bits per heavy atom. The predicted octanol–water partition coefficient (Wildman–Crippen LogP) is 19.7. The summed E-state index contributed by atoms with van der Waals surface area (Å²) in [5, 5.41) is 58.6. The van der Waals surface area contributed by atoms with Crippen LogP contribution in [0.5, 0.6) is 23.0 Å². The van der Waals surface area contributed by atoms with Crippen LogP contribution in [0.25, 0.3) is 43.6 Å². The zero-order valence-electron chi connectivity index (χ0n) is 57.0. The van der Waals surface area contributed by atoms with E-state index in [0.717, 1.165) is 125 Å². The molecular formula is C78H84I4N12O4. The lowest BCUT2D eigenvalue weighted by Crippen LogP contribution is -2.37. The number of pyridine rings is 4. The van der Waals surface area contributed by atoms with E-state index in [0.29, 0.717) is 55.2 Å². The van der Waals surface area contributed by atoms with E-state index in [4.69, 9.17) is 0 Å². The van der Waals surface area contributed by atoms with Crippen LogP contribution >= 0.6 is 90.4 Å². The molecule has 8 aromatic carbocycles. The van der Waals surface area contributed by atoms with Gasteiger partial charge < -0.3 is 51.5 Å². The van der Waals surface area contributed by atoms with E-state index in [2.05, 4.69) is 275 Å². The minimum atomic E-state index is 0.0360. The van der Waals surface area contributed by atoms with Gasteiger partial charge in [0.2, 0.25) is 0 Å². The number of nitrogens with one attached hydrogen (secondary N) is 4. The molecule has 0 amide bonds. The van der Waals surface area contributed by atoms with Crippen molar-refractivity contribution < 1.29 is 20.4 Å². The molecule has 0 radical (unpaired) electrons. The van der Waals surface area contributed by atoms with E-state index < -0.39 is 0 Å². The standard InChI is InChI=1S/C21H24IN3O.C20H22IN3O.C19H20IN3O.C18H18IN3O/c1-21(2,3)25(4)13-14-11-16(6-8-20(14)26)24-18-9-10-23-19-12-15(22)5-7-17(18)19;1-13(2)24(3)12-14-10-16(5-7-20(14)25)23-18-8-9-22-19-11-15(21)4-6-17(18)19;1-3-23(2)12-13-10-15(5-7-19(13)24)22-17-8-9-21-18-11-14(20)4-6-16(17)18;1-22(2)11-12-9-14(4-6-18(12)23)21-16-7-8-20-17-10-13(19)3-5-15(16)17/h5-12,26H,13H2,1-4H3,(H,23,24);4-11,13,25H,12H2,1-3H3,(H,22,23);4-11,24H,3,12H2,1-2H3,(H,21,22);3-10,23H,11H2,1-2H3,(H,20,21). The molecule has 508 valence electrons. The van der Waals surface area contributed by atoms with Crippen LogP contribution in [0, 0.1) is 14.3 Å². The summed E-state index contributed by atoms with van der Waals surface area (Å²) in [6.45, 7) is 16.6. The number of anilines is 8. The number of fused-ring (bicyclic) bond motifs is 4. The second-order valence-electron chi connectivity index (χ2n) is 25.6. The Labute approximate surface area is 629 Å². The monoisotopic (exact) mass is 1760 g/mol. The molecule has 0 fully saturated rings. The minimum Gasteiger partial charge on any atom is -0.508 e. The molecule has 4 heterocycles. The molecule has 98 heavy (non-hydrogen) atoms. The van der Waals surface area contributed by atoms with Crippen molar-refractivity contribution in [2.45, 2.75) is 79.3 Å². The quantitative estimate of drug-likeness (QED) is 0.0298. The van der Waals surface area contributed by atoms with Crippen LogP contribution in [0.2, 0.25) is 0 Å². The predicted molar refractivity (Wildman–Crippen MR) is 441 cm³/mol. The fraction of sp³-hybridized carbons (Fsp3) is 0.231. The van der Waals surface area contributed by atoms with Crippen molar-refractivity contribution in [1.82, 2.24) is 39.5 Å². The highest BCUT2D eigenvalue weighted by Gasteiger charge is 2.19. The van der Waals surface area contributed by atoms with Gasteiger partial charge in [-0.1, -0.05) is 6.92 Å². The third-order valence-corrected chi connectivity index (χ3v) is 19.3. The smallest absolute Gasteiger partial charge is 0.120 e. The molecule has 0 saturated carbocycles. The Morgan fingerprint density at radius 1 is 0.378 bits per heavy atom. The van der Waals surface area contributed by atoms with Crippen molar-refractivity contribution in [3.8, 4) is 23.0 Å². The molecule has 0 aliphatic rings. The first-order chi connectivity index (χ1) is 46.8. The van der Waals surface area contributed by atoms with Gasteiger partial charge in [-0.3, -0.25) is 29.7 Å². The third-order valence-electron chi connectivity index (χ3n) is 16.6. The lowest BCUT2D eigenvalue weighted by molar-refractivity contribution is 0.166. The van der Waals surface area contributed by atoms with Gasteiger partial charge in [0.25, 0.3) is 0 Å². The highest BCUT2D eigenvalue weighted by Crippen LogP contribution is 2.35. The summed E-state index contributed by atoms with van der Waals surface area (Å²) in [5.74, 6) is 1.29. The number of aromatic nitrogens is 4. The Morgan fingerprint density at radius 2 is 0.663 bits per heavy atom. The first kappa shape index (κ1) is 74.8. The van der Waals surface area contributed by atoms with Gasteiger partial charge in [-0.25, -0.2) is 0 Å². The molecule has 0 atom stereocenters. The summed E-state index contributed by atoms with van der Waals surface area (Å²) < 4.78 is 4.66. The molecule has 4 aromatic heterocycles. The molecule has 12 aromatic rings. The van der Waals surface area contributed by atoms with Gasteiger partial charge in [0, 0.05) is 166 Å². The van der Waals surface area contributed by atoms with Crippen LogP contribution in [-0.2, 0) is 26.2 Å². The molecular weight excluding hydrogens is 1680 g/mol. The summed E-state index contributed by atoms with van der Waals surface area (Å²) in [6, 6.07) is 55.8. The molecule has 20 heteroatoms. The van der Waals surface area contributed by atoms with Crippen molar-refractivity contribution in [2.24, 2.45) is 0 Å². The summed E-state index contributed by atoms with van der Waals surface area (Å²) in [7, 11) is 10.1. The molecule has 0 aliphatic heterocycles. The molecule has 0 saturated heterocycles. The lowest BCUT2D eigenvalue weighted by atomic mass is 10.0. The number of benzene rings is 8. The summed E-state index contributed by atoms with van der Waals surface area (Å²) in [4.78, 5) is 26.4. The van der Waals surface area contributed by atoms with E-state index >= 15 is 0 Å². The van der Waals surface area contributed by atoms with Gasteiger partial charge in [0.15, 0.2) is 0 Å². The van der Waals surface area contributed by atoms with Crippen LogP contribution in [0.3, 0.4) is 0 Å². The summed E-state index contributed by atoms with van der Waals surface area (Å²) >= 11 is 9.17. The normalized spacial score (nSPS) is 11.4. The van der Waals surface area contributed by atoms with Crippen LogP contribution < -0.4 is 21.3 Å². The first-order valence-corrected chi connectivity index (χ1v) is 36.4. The number of rotatable bonds is 18. The van der Waals surface area contributed by atoms with Gasteiger partial charge in [-0.2, -0.15) is 0 Å². The maximum atomic E-state index is 10.3. The van der Waals surface area contributed by atoms with Crippen molar-refractivity contribution >= 4 is 179 Å². The van der Waals surface area contributed by atoms with E-state index in [1.54, 1.807) is 24.3 Å². The zero-order chi connectivity index (χ0) is 70.4. The number of halogens is 4. The number of phenols is 4. The highest BCUT2D eigenvalue weighted by atomic mass is 127. The van der Waals surface area contributed by atoms with E-state index in [-0.39, 0.29) is 5.54 Å². The van der Waals surface area contributed by atoms with Gasteiger partial charge >= 0.3 is 0 Å². The van der Waals surface area contributed by atoms with Crippen LogP contribution in [0.4, 0.5) is 45.5 Å². The molecule has 0 aliphatic carbocycles. The van der Waals surface area contributed by atoms with Gasteiger partial charge in [-0.15, -0.1) is 0 Å². The Hall–Kier alpha value is -7.44. The second-order valence-corrected chi connectivity index (χ2v) is 30.5. The SMILES string of the molecule is CC(C)N(C)Cc1cc(Nc2ccnc3cc(I)ccc23)ccc1O.CCN(C)Cc1cc(Nc2ccnc3cc(I)ccc23)ccc1O.CN(C)Cc1cc(Nc2ccnc3cc(I)ccc23)ccc1O.CN(Cc1cc(Nc2ccnc3cc(I)ccc23)ccc1O)C(C)(C)C. The number of nitrogens with zero attached hydrogens (tertiary/aromatic N) is 8. The average molecular weight is 1760 g/mol. The van der Waals surface area contributed by atoms with Gasteiger partial charge in [-0.05, 0) is 337 Å². The first-order valence-electron chi connectivity index (χ1n) is 32.0. The number of aromatic hydroxyl groups is 4. The van der Waals surface area contributed by atoms with Gasteiger partial charge in [0.1, 0.15) is 23.0 Å². The number of hydrogen-bond donors (Lipinski definition) is 8. The van der Waals surface area contributed by atoms with Crippen molar-refractivity contribution in [1.29, 1.82) is 0 Å². The Kier molecular flexibility index (Phi) is 26.4. The molecule has 16 nitrogen and oxygen atoms in total. The van der Waals surface area contributed by atoms with Crippen LogP contribution in [0.15, 0.2) is 195 Å². The minimum absolute atomic E-state index is 0.0360. The van der Waals surface area contributed by atoms with Crippen molar-refractivity contribution in [3.05, 3.63) is 231 Å². The Bertz CT molecular complexity index is 4730. The fourth-order valence-electron chi connectivity index (χ4n) is 10.4. The number of phenolic OH excluding ortho intramolecular Hbond substituents is 4. The molecule has 8 N–H and O–H groups in total. The molecule has 0 spiro atoms. The Balaban J connectivity index is 0.000000153. The second kappa shape index (κ2) is 34.6. The average Bonchev–Trinajstić information content (AvgIpc) is 0.931. The zero-order valence-corrected chi connectivity index (χ0v) is 65.6. The maximum absolute atomic E-state index is 10.3. The largest absolute Gasteiger partial charge is 0.508 e. The van der Waals surface area contributed by atoms with E-state index in [9.17, 15) is 20.4 Å². The van der Waals surface area contributed by atoms with Crippen molar-refractivity contribution in [3.63, 3.8) is 0 Å². The highest BCUT2D eigenvalue weighted by molar-refractivity contribution is 14.1. The number of hydrogen-bond acceptors (Lipinski definition) is 16. The topological polar surface area (TPSA) is 194 Å². The van der Waals surface area contributed by atoms with Crippen LogP contribution in [0.1, 0.15) is 63.8 Å². The summed E-state index contributed by atoms with van der Waals surface area (Å²) in [6.07, 6.45) is 7.25. The summed E-state index contributed by atoms with van der Waals surface area (Å²) in [5.41, 5.74) is 15.4.